The molecule has 0 fully saturated rings. The van der Waals surface area contributed by atoms with Gasteiger partial charge >= 0.3 is 0 Å². The van der Waals surface area contributed by atoms with Gasteiger partial charge in [0.2, 0.25) is 0 Å². The third-order valence-electron chi connectivity index (χ3n) is 1.81. The average molecular weight is 189 g/mol. The van der Waals surface area contributed by atoms with Crippen molar-refractivity contribution in [3.63, 3.8) is 0 Å². The van der Waals surface area contributed by atoms with Crippen molar-refractivity contribution in [3.05, 3.63) is 0 Å². The number of aliphatic hydroxyl groups excluding tert-OH is 1. The van der Waals surface area contributed by atoms with Crippen molar-refractivity contribution in [2.45, 2.75) is 33.3 Å². The molecule has 0 amide bonds. The summed E-state index contributed by atoms with van der Waals surface area (Å²) in [6.07, 6.45) is 1.43. The van der Waals surface area contributed by atoms with Gasteiger partial charge in [0.15, 0.2) is 0 Å². The Kier molecular flexibility index (Phi) is 8.40. The van der Waals surface area contributed by atoms with E-state index in [9.17, 15) is 0 Å². The van der Waals surface area contributed by atoms with Crippen molar-refractivity contribution in [1.29, 1.82) is 0 Å². The Morgan fingerprint density at radius 1 is 1.23 bits per heavy atom. The normalized spacial score (nSPS) is 11.5. The predicted molar refractivity (Wildman–Crippen MR) is 54.9 cm³/mol. The van der Waals surface area contributed by atoms with Crippen LogP contribution in [0.4, 0.5) is 0 Å². The zero-order valence-electron chi connectivity index (χ0n) is 9.12. The van der Waals surface area contributed by atoms with E-state index in [1.54, 1.807) is 0 Å². The van der Waals surface area contributed by atoms with E-state index in [0.717, 1.165) is 32.7 Å². The van der Waals surface area contributed by atoms with Crippen LogP contribution in [0.2, 0.25) is 0 Å². The summed E-state index contributed by atoms with van der Waals surface area (Å²) in [5, 5.41) is 8.79. The number of nitrogens with zero attached hydrogens (tertiary/aromatic N) is 1. The molecule has 0 aliphatic carbocycles. The van der Waals surface area contributed by atoms with Crippen LogP contribution in [0, 0.1) is 0 Å². The summed E-state index contributed by atoms with van der Waals surface area (Å²) in [7, 11) is 0. The minimum absolute atomic E-state index is 0.238. The highest BCUT2D eigenvalue weighted by Gasteiger charge is 2.02. The highest BCUT2D eigenvalue weighted by atomic mass is 16.5. The van der Waals surface area contributed by atoms with Gasteiger partial charge in [-0.3, -0.25) is 4.90 Å². The molecule has 0 aromatic rings. The topological polar surface area (TPSA) is 32.7 Å². The summed E-state index contributed by atoms with van der Waals surface area (Å²) < 4.78 is 5.44. The molecule has 13 heavy (non-hydrogen) atoms. The number of rotatable bonds is 8. The molecule has 0 saturated carbocycles. The molecule has 0 unspecified atom stereocenters. The van der Waals surface area contributed by atoms with E-state index < -0.39 is 0 Å². The molecule has 0 radical (unpaired) electrons. The minimum Gasteiger partial charge on any atom is -0.395 e. The van der Waals surface area contributed by atoms with Crippen LogP contribution >= 0.6 is 0 Å². The second kappa shape index (κ2) is 8.48. The van der Waals surface area contributed by atoms with Crippen molar-refractivity contribution in [2.75, 3.05) is 32.8 Å². The molecule has 3 heteroatoms. The van der Waals surface area contributed by atoms with Crippen LogP contribution in [-0.4, -0.2) is 49.0 Å². The average Bonchev–Trinajstić information content (AvgIpc) is 2.04. The van der Waals surface area contributed by atoms with Gasteiger partial charge in [-0.2, -0.15) is 0 Å². The van der Waals surface area contributed by atoms with Gasteiger partial charge in [0, 0.05) is 13.1 Å². The van der Waals surface area contributed by atoms with Crippen LogP contribution in [0.5, 0.6) is 0 Å². The molecule has 0 rings (SSSR count). The second-order valence-electron chi connectivity index (χ2n) is 3.48. The van der Waals surface area contributed by atoms with Gasteiger partial charge in [-0.05, 0) is 26.8 Å². The zero-order valence-corrected chi connectivity index (χ0v) is 9.12. The SMILES string of the molecule is CCCN(CCO)CCOC(C)C. The van der Waals surface area contributed by atoms with Gasteiger partial charge in [-0.25, -0.2) is 0 Å². The molecule has 0 aromatic carbocycles. The van der Waals surface area contributed by atoms with E-state index in [1.165, 1.54) is 0 Å². The first-order valence-corrected chi connectivity index (χ1v) is 5.15. The maximum atomic E-state index is 8.79. The minimum atomic E-state index is 0.238. The third-order valence-corrected chi connectivity index (χ3v) is 1.81. The molecule has 0 atom stereocenters. The first-order chi connectivity index (χ1) is 6.20. The second-order valence-corrected chi connectivity index (χ2v) is 3.48. The van der Waals surface area contributed by atoms with E-state index in [4.69, 9.17) is 9.84 Å². The van der Waals surface area contributed by atoms with E-state index in [1.807, 2.05) is 13.8 Å². The summed E-state index contributed by atoms with van der Waals surface area (Å²) in [4.78, 5) is 2.22. The highest BCUT2D eigenvalue weighted by Crippen LogP contribution is 1.93. The summed E-state index contributed by atoms with van der Waals surface area (Å²) in [6, 6.07) is 0. The van der Waals surface area contributed by atoms with Crippen LogP contribution in [-0.2, 0) is 4.74 Å². The Labute approximate surface area is 81.7 Å². The summed E-state index contributed by atoms with van der Waals surface area (Å²) in [5.41, 5.74) is 0. The molecular formula is C10H23NO2. The van der Waals surface area contributed by atoms with Crippen LogP contribution in [0.25, 0.3) is 0 Å². The Hall–Kier alpha value is -0.120. The molecule has 80 valence electrons. The van der Waals surface area contributed by atoms with Gasteiger partial charge in [-0.15, -0.1) is 0 Å². The fourth-order valence-electron chi connectivity index (χ4n) is 1.21. The third kappa shape index (κ3) is 8.22. The molecule has 1 N–H and O–H groups in total. The van der Waals surface area contributed by atoms with Gasteiger partial charge in [0.05, 0.1) is 19.3 Å². The largest absolute Gasteiger partial charge is 0.395 e. The van der Waals surface area contributed by atoms with E-state index in [2.05, 4.69) is 11.8 Å². The first-order valence-electron chi connectivity index (χ1n) is 5.15. The predicted octanol–water partition coefficient (Wildman–Crippen LogP) is 1.12. The Balaban J connectivity index is 3.44. The van der Waals surface area contributed by atoms with Gasteiger partial charge in [0.25, 0.3) is 0 Å². The molecule has 0 spiro atoms. The lowest BCUT2D eigenvalue weighted by Gasteiger charge is -2.20. The van der Waals surface area contributed by atoms with Crippen molar-refractivity contribution in [2.24, 2.45) is 0 Å². The standard InChI is InChI=1S/C10H23NO2/c1-4-5-11(6-8-12)7-9-13-10(2)3/h10,12H,4-9H2,1-3H3. The number of hydrogen-bond donors (Lipinski definition) is 1. The summed E-state index contributed by atoms with van der Waals surface area (Å²) in [5.74, 6) is 0. The molecule has 0 aliphatic heterocycles. The maximum Gasteiger partial charge on any atom is 0.0596 e. The lowest BCUT2D eigenvalue weighted by Crippen LogP contribution is -2.31. The van der Waals surface area contributed by atoms with Crippen molar-refractivity contribution < 1.29 is 9.84 Å². The van der Waals surface area contributed by atoms with Crippen LogP contribution in [0.3, 0.4) is 0 Å². The molecule has 0 bridgehead atoms. The van der Waals surface area contributed by atoms with E-state index >= 15 is 0 Å². The molecule has 0 saturated heterocycles. The monoisotopic (exact) mass is 189 g/mol. The number of ether oxygens (including phenoxy) is 1. The van der Waals surface area contributed by atoms with Gasteiger partial charge in [0.1, 0.15) is 0 Å². The van der Waals surface area contributed by atoms with Crippen LogP contribution < -0.4 is 0 Å². The van der Waals surface area contributed by atoms with Gasteiger partial charge in [-0.1, -0.05) is 6.92 Å². The van der Waals surface area contributed by atoms with E-state index in [-0.39, 0.29) is 6.61 Å². The van der Waals surface area contributed by atoms with Crippen molar-refractivity contribution in [1.82, 2.24) is 4.90 Å². The smallest absolute Gasteiger partial charge is 0.0596 e. The van der Waals surface area contributed by atoms with Crippen LogP contribution in [0.15, 0.2) is 0 Å². The Bertz CT molecular complexity index is 101. The fourth-order valence-corrected chi connectivity index (χ4v) is 1.21. The first kappa shape index (κ1) is 12.9. The molecule has 0 heterocycles. The maximum absolute atomic E-state index is 8.79. The molecule has 0 aliphatic rings. The van der Waals surface area contributed by atoms with E-state index in [0.29, 0.717) is 6.10 Å². The molecule has 3 nitrogen and oxygen atoms in total. The summed E-state index contributed by atoms with van der Waals surface area (Å²) in [6.45, 7) is 9.95. The fraction of sp³-hybridized carbons (Fsp3) is 1.00. The van der Waals surface area contributed by atoms with Crippen molar-refractivity contribution in [3.8, 4) is 0 Å². The quantitative estimate of drug-likeness (QED) is 0.621. The molecular weight excluding hydrogens is 166 g/mol. The highest BCUT2D eigenvalue weighted by molar-refractivity contribution is 4.55. The lowest BCUT2D eigenvalue weighted by atomic mass is 10.4. The number of aliphatic hydroxyl groups is 1. The molecule has 0 aromatic heterocycles. The van der Waals surface area contributed by atoms with Crippen molar-refractivity contribution >= 4 is 0 Å². The lowest BCUT2D eigenvalue weighted by molar-refractivity contribution is 0.0553. The Morgan fingerprint density at radius 3 is 2.38 bits per heavy atom. The Morgan fingerprint density at radius 2 is 1.92 bits per heavy atom. The number of hydrogen-bond acceptors (Lipinski definition) is 3. The summed E-state index contributed by atoms with van der Waals surface area (Å²) >= 11 is 0. The van der Waals surface area contributed by atoms with Gasteiger partial charge < -0.3 is 9.84 Å². The van der Waals surface area contributed by atoms with Crippen LogP contribution in [0.1, 0.15) is 27.2 Å². The zero-order chi connectivity index (χ0) is 10.1.